The van der Waals surface area contributed by atoms with Gasteiger partial charge in [-0.05, 0) is 0 Å². The number of nitrogens with two attached hydrogens (primary N) is 1. The Morgan fingerprint density at radius 3 is 1.88 bits per heavy atom. The second-order valence-electron chi connectivity index (χ2n) is 1.28. The molecule has 5 N–H and O–H groups in total. The molecule has 0 radical (unpaired) electrons. The average Bonchev–Trinajstić information content (AvgIpc) is 1.64. The molecule has 0 spiro atoms. The van der Waals surface area contributed by atoms with E-state index in [9.17, 15) is 4.79 Å². The highest BCUT2D eigenvalue weighted by atomic mass is 16.5. The summed E-state index contributed by atoms with van der Waals surface area (Å²) in [6.45, 7) is 0. The standard InChI is InChI=1S/C3H7NO4/c4-1(2(5)6)3(7)8/h1-2,5-6H,4H2,(H,7,8)/t1-/m0/s1. The van der Waals surface area contributed by atoms with Crippen LogP contribution in [0.15, 0.2) is 0 Å². The predicted octanol–water partition coefficient (Wildman–Crippen LogP) is -2.29. The van der Waals surface area contributed by atoms with Gasteiger partial charge in [-0.25, -0.2) is 0 Å². The van der Waals surface area contributed by atoms with Gasteiger partial charge in [0.2, 0.25) is 0 Å². The van der Waals surface area contributed by atoms with E-state index in [1.54, 1.807) is 0 Å². The zero-order valence-electron chi connectivity index (χ0n) is 3.98. The third kappa shape index (κ3) is 1.87. The van der Waals surface area contributed by atoms with E-state index in [2.05, 4.69) is 5.73 Å². The zero-order valence-corrected chi connectivity index (χ0v) is 3.98. The Hall–Kier alpha value is -0.650. The van der Waals surface area contributed by atoms with Crippen molar-refractivity contribution in [3.63, 3.8) is 0 Å². The van der Waals surface area contributed by atoms with Crippen LogP contribution in [0.5, 0.6) is 0 Å². The Morgan fingerprint density at radius 2 is 1.88 bits per heavy atom. The van der Waals surface area contributed by atoms with Crippen molar-refractivity contribution in [3.8, 4) is 0 Å². The number of carbonyl (C=O) groups is 1. The molecule has 0 heterocycles. The second kappa shape index (κ2) is 2.61. The van der Waals surface area contributed by atoms with Crippen LogP contribution in [0.1, 0.15) is 0 Å². The van der Waals surface area contributed by atoms with Crippen LogP contribution in [-0.4, -0.2) is 33.6 Å². The maximum Gasteiger partial charge on any atom is 0.325 e. The number of aliphatic hydroxyl groups is 2. The second-order valence-corrected chi connectivity index (χ2v) is 1.28. The SMILES string of the molecule is N[C@H](C(=O)O)C(O)O. The molecule has 5 heteroatoms. The molecule has 0 unspecified atom stereocenters. The lowest BCUT2D eigenvalue weighted by molar-refractivity contribution is -0.149. The van der Waals surface area contributed by atoms with E-state index in [-0.39, 0.29) is 0 Å². The fourth-order valence-electron chi connectivity index (χ4n) is 0.128. The molecule has 0 fully saturated rings. The molecule has 0 saturated carbocycles. The van der Waals surface area contributed by atoms with Gasteiger partial charge in [0.1, 0.15) is 0 Å². The molecule has 1 atom stereocenters. The van der Waals surface area contributed by atoms with Gasteiger partial charge in [0.05, 0.1) is 0 Å². The van der Waals surface area contributed by atoms with E-state index in [4.69, 9.17) is 15.3 Å². The molecule has 0 aromatic rings. The molecule has 5 nitrogen and oxygen atoms in total. The minimum Gasteiger partial charge on any atom is -0.480 e. The van der Waals surface area contributed by atoms with Crippen LogP contribution < -0.4 is 5.73 Å². The average molecular weight is 121 g/mol. The van der Waals surface area contributed by atoms with Gasteiger partial charge >= 0.3 is 5.97 Å². The molecule has 0 amide bonds. The first-order valence-corrected chi connectivity index (χ1v) is 1.90. The largest absolute Gasteiger partial charge is 0.480 e. The smallest absolute Gasteiger partial charge is 0.325 e. The quantitative estimate of drug-likeness (QED) is 0.308. The Balaban J connectivity index is 3.64. The molecular formula is C3H7NO4. The molecule has 0 rings (SSSR count). The van der Waals surface area contributed by atoms with Crippen molar-refractivity contribution in [1.82, 2.24) is 0 Å². The molecule has 0 aliphatic carbocycles. The van der Waals surface area contributed by atoms with E-state index in [1.165, 1.54) is 0 Å². The van der Waals surface area contributed by atoms with E-state index in [0.29, 0.717) is 0 Å². The van der Waals surface area contributed by atoms with Crippen LogP contribution in [0.25, 0.3) is 0 Å². The van der Waals surface area contributed by atoms with Gasteiger partial charge in [0, 0.05) is 0 Å². The van der Waals surface area contributed by atoms with Crippen LogP contribution in [0.2, 0.25) is 0 Å². The number of aliphatic carboxylic acids is 1. The van der Waals surface area contributed by atoms with E-state index in [0.717, 1.165) is 0 Å². The highest BCUT2D eigenvalue weighted by Gasteiger charge is 2.18. The van der Waals surface area contributed by atoms with Crippen molar-refractivity contribution in [2.75, 3.05) is 0 Å². The number of carboxylic acid groups (broad SMARTS) is 1. The minimum absolute atomic E-state index is 1.43. The number of aliphatic hydroxyl groups excluding tert-OH is 1. The summed E-state index contributed by atoms with van der Waals surface area (Å²) in [5.41, 5.74) is 4.66. The maximum atomic E-state index is 9.70. The van der Waals surface area contributed by atoms with Gasteiger partial charge in [-0.15, -0.1) is 0 Å². The first-order chi connectivity index (χ1) is 3.55. The third-order valence-corrected chi connectivity index (χ3v) is 0.606. The topological polar surface area (TPSA) is 104 Å². The first-order valence-electron chi connectivity index (χ1n) is 1.90. The molecule has 48 valence electrons. The molecule has 0 aromatic carbocycles. The van der Waals surface area contributed by atoms with Crippen LogP contribution >= 0.6 is 0 Å². The van der Waals surface area contributed by atoms with Crippen LogP contribution in [0.3, 0.4) is 0 Å². The highest BCUT2D eigenvalue weighted by Crippen LogP contribution is 1.82. The summed E-state index contributed by atoms with van der Waals surface area (Å²) < 4.78 is 0. The highest BCUT2D eigenvalue weighted by molar-refractivity contribution is 5.73. The van der Waals surface area contributed by atoms with Crippen molar-refractivity contribution in [2.24, 2.45) is 5.73 Å². The van der Waals surface area contributed by atoms with Crippen molar-refractivity contribution in [2.45, 2.75) is 12.3 Å². The van der Waals surface area contributed by atoms with Gasteiger partial charge in [0.25, 0.3) is 0 Å². The molecular weight excluding hydrogens is 114 g/mol. The summed E-state index contributed by atoms with van der Waals surface area (Å²) in [5.74, 6) is -1.43. The summed E-state index contributed by atoms with van der Waals surface area (Å²) in [5, 5.41) is 24.0. The van der Waals surface area contributed by atoms with Gasteiger partial charge in [-0.3, -0.25) is 4.79 Å². The molecule has 8 heavy (non-hydrogen) atoms. The fourth-order valence-corrected chi connectivity index (χ4v) is 0.128. The molecule has 0 aromatic heterocycles. The lowest BCUT2D eigenvalue weighted by Crippen LogP contribution is -2.41. The van der Waals surface area contributed by atoms with Crippen molar-refractivity contribution < 1.29 is 20.1 Å². The molecule has 0 saturated heterocycles. The monoisotopic (exact) mass is 121 g/mol. The van der Waals surface area contributed by atoms with Gasteiger partial charge in [0.15, 0.2) is 12.3 Å². The van der Waals surface area contributed by atoms with Crippen LogP contribution in [0, 0.1) is 0 Å². The molecule has 0 aliphatic rings. The summed E-state index contributed by atoms with van der Waals surface area (Å²) >= 11 is 0. The Labute approximate surface area is 45.4 Å². The Bertz CT molecular complexity index is 91.3. The first kappa shape index (κ1) is 7.35. The van der Waals surface area contributed by atoms with Crippen LogP contribution in [0.4, 0.5) is 0 Å². The summed E-state index contributed by atoms with van der Waals surface area (Å²) in [4.78, 5) is 9.70. The van der Waals surface area contributed by atoms with Crippen LogP contribution in [-0.2, 0) is 4.79 Å². The number of rotatable bonds is 2. The molecule has 0 aliphatic heterocycles. The van der Waals surface area contributed by atoms with E-state index >= 15 is 0 Å². The summed E-state index contributed by atoms with van der Waals surface area (Å²) in [6, 6.07) is -1.60. The van der Waals surface area contributed by atoms with E-state index < -0.39 is 18.3 Å². The normalized spacial score (nSPS) is 14.0. The van der Waals surface area contributed by atoms with Crippen molar-refractivity contribution in [1.29, 1.82) is 0 Å². The lowest BCUT2D eigenvalue weighted by Gasteiger charge is -2.05. The maximum absolute atomic E-state index is 9.70. The summed E-state index contributed by atoms with van der Waals surface area (Å²) in [7, 11) is 0. The van der Waals surface area contributed by atoms with Crippen molar-refractivity contribution in [3.05, 3.63) is 0 Å². The zero-order chi connectivity index (χ0) is 6.73. The minimum atomic E-state index is -1.98. The van der Waals surface area contributed by atoms with E-state index in [1.807, 2.05) is 0 Å². The lowest BCUT2D eigenvalue weighted by atomic mass is 10.3. The number of hydrogen-bond donors (Lipinski definition) is 4. The molecule has 0 bridgehead atoms. The Morgan fingerprint density at radius 1 is 1.50 bits per heavy atom. The van der Waals surface area contributed by atoms with Crippen molar-refractivity contribution >= 4 is 5.97 Å². The predicted molar refractivity (Wildman–Crippen MR) is 23.8 cm³/mol. The third-order valence-electron chi connectivity index (χ3n) is 0.606. The van der Waals surface area contributed by atoms with Gasteiger partial charge < -0.3 is 21.1 Å². The summed E-state index contributed by atoms with van der Waals surface area (Å²) in [6.07, 6.45) is -1.98. The Kier molecular flexibility index (Phi) is 2.40. The number of hydrogen-bond acceptors (Lipinski definition) is 4. The van der Waals surface area contributed by atoms with Gasteiger partial charge in [-0.1, -0.05) is 0 Å². The fraction of sp³-hybridized carbons (Fsp3) is 0.667. The number of carboxylic acids is 1. The van der Waals surface area contributed by atoms with Gasteiger partial charge in [-0.2, -0.15) is 0 Å².